The van der Waals surface area contributed by atoms with Crippen LogP contribution in [0.5, 0.6) is 0 Å². The molecule has 1 aliphatic rings. The van der Waals surface area contributed by atoms with Gasteiger partial charge < -0.3 is 5.32 Å². The lowest BCUT2D eigenvalue weighted by atomic mass is 10.0. The zero-order chi connectivity index (χ0) is 13.0. The second-order valence-electron chi connectivity index (χ2n) is 4.33. The topological polar surface area (TPSA) is 39.1 Å². The van der Waals surface area contributed by atoms with E-state index in [4.69, 9.17) is 16.9 Å². The van der Waals surface area contributed by atoms with Crippen LogP contribution in [0.3, 0.4) is 0 Å². The Bertz CT molecular complexity index is 459. The van der Waals surface area contributed by atoms with E-state index in [0.717, 1.165) is 26.2 Å². The molecule has 20 heavy (non-hydrogen) atoms. The Morgan fingerprint density at radius 3 is 2.60 bits per heavy atom. The normalized spacial score (nSPS) is 16.4. The molecule has 1 N–H and O–H groups in total. The third-order valence-corrected chi connectivity index (χ3v) is 3.54. The minimum absolute atomic E-state index is 0. The van der Waals surface area contributed by atoms with E-state index in [1.54, 1.807) is 6.07 Å². The van der Waals surface area contributed by atoms with Gasteiger partial charge in [0, 0.05) is 37.2 Å². The number of hydrogen-bond acceptors (Lipinski definition) is 3. The highest BCUT2D eigenvalue weighted by Gasteiger charge is 2.24. The molecule has 0 radical (unpaired) electrons. The average molecular weight is 341 g/mol. The highest BCUT2D eigenvalue weighted by molar-refractivity contribution is 6.31. The first-order valence-electron chi connectivity index (χ1n) is 5.99. The standard InChI is InChI=1S/C13H15ClFN3.2ClH/c14-12-2-1-10(15)9-11(12)13(3-4-16)18-7-5-17-6-8-18;;/h1-2,9,13,17H,3,5-8H2;2*1H/t13-;;/m1../s1. The molecule has 0 unspecified atom stereocenters. The van der Waals surface area contributed by atoms with E-state index < -0.39 is 0 Å². The van der Waals surface area contributed by atoms with Crippen LogP contribution in [0.1, 0.15) is 18.0 Å². The predicted molar refractivity (Wildman–Crippen MR) is 83.3 cm³/mol. The third kappa shape index (κ3) is 4.76. The fourth-order valence-electron chi connectivity index (χ4n) is 2.29. The number of nitrogens with zero attached hydrogens (tertiary/aromatic N) is 2. The molecule has 1 aromatic rings. The number of rotatable bonds is 3. The largest absolute Gasteiger partial charge is 0.314 e. The summed E-state index contributed by atoms with van der Waals surface area (Å²) < 4.78 is 13.3. The van der Waals surface area contributed by atoms with Crippen LogP contribution < -0.4 is 5.32 Å². The second-order valence-corrected chi connectivity index (χ2v) is 4.74. The summed E-state index contributed by atoms with van der Waals surface area (Å²) in [6.45, 7) is 3.46. The summed E-state index contributed by atoms with van der Waals surface area (Å²) in [7, 11) is 0. The summed E-state index contributed by atoms with van der Waals surface area (Å²) in [6, 6.07) is 6.37. The quantitative estimate of drug-likeness (QED) is 0.918. The van der Waals surface area contributed by atoms with Crippen molar-refractivity contribution in [1.29, 1.82) is 5.26 Å². The molecule has 1 aliphatic heterocycles. The molecule has 112 valence electrons. The van der Waals surface area contributed by atoms with Gasteiger partial charge in [-0.2, -0.15) is 5.26 Å². The summed E-state index contributed by atoms with van der Waals surface area (Å²) in [5.41, 5.74) is 0.708. The fraction of sp³-hybridized carbons (Fsp3) is 0.462. The first kappa shape index (κ1) is 19.4. The molecule has 1 fully saturated rings. The maximum absolute atomic E-state index is 13.3. The molecule has 1 saturated heterocycles. The number of nitriles is 1. The molecule has 0 spiro atoms. The molecule has 0 aromatic heterocycles. The van der Waals surface area contributed by atoms with E-state index in [1.165, 1.54) is 12.1 Å². The Morgan fingerprint density at radius 1 is 1.35 bits per heavy atom. The maximum atomic E-state index is 13.3. The molecule has 1 atom stereocenters. The minimum atomic E-state index is -0.313. The SMILES string of the molecule is Cl.Cl.N#CC[C@H](c1cc(F)ccc1Cl)N1CCNCC1. The monoisotopic (exact) mass is 339 g/mol. The van der Waals surface area contributed by atoms with Gasteiger partial charge in [0.25, 0.3) is 0 Å². The smallest absolute Gasteiger partial charge is 0.123 e. The zero-order valence-electron chi connectivity index (χ0n) is 10.8. The fourth-order valence-corrected chi connectivity index (χ4v) is 2.53. The van der Waals surface area contributed by atoms with Crippen LogP contribution in [0.2, 0.25) is 5.02 Å². The summed E-state index contributed by atoms with van der Waals surface area (Å²) in [5, 5.41) is 12.7. The first-order valence-corrected chi connectivity index (χ1v) is 6.37. The molecule has 7 heteroatoms. The van der Waals surface area contributed by atoms with Crippen LogP contribution in [-0.2, 0) is 0 Å². The van der Waals surface area contributed by atoms with Crippen molar-refractivity contribution in [2.24, 2.45) is 0 Å². The Hall–Kier alpha value is -0.570. The van der Waals surface area contributed by atoms with E-state index in [9.17, 15) is 4.39 Å². The number of piperazine rings is 1. The van der Waals surface area contributed by atoms with Gasteiger partial charge in [-0.25, -0.2) is 4.39 Å². The summed E-state index contributed by atoms with van der Waals surface area (Å²) in [5.74, 6) is -0.313. The Balaban J connectivity index is 0.00000180. The van der Waals surface area contributed by atoms with Crippen LogP contribution in [-0.4, -0.2) is 31.1 Å². The second kappa shape index (κ2) is 9.38. The van der Waals surface area contributed by atoms with Crippen molar-refractivity contribution < 1.29 is 4.39 Å². The number of nitrogens with one attached hydrogen (secondary N) is 1. The average Bonchev–Trinajstić information content (AvgIpc) is 2.40. The van der Waals surface area contributed by atoms with Crippen molar-refractivity contribution >= 4 is 36.4 Å². The van der Waals surface area contributed by atoms with Gasteiger partial charge in [-0.15, -0.1) is 24.8 Å². The third-order valence-electron chi connectivity index (χ3n) is 3.19. The van der Waals surface area contributed by atoms with Gasteiger partial charge in [-0.05, 0) is 23.8 Å². The van der Waals surface area contributed by atoms with Crippen molar-refractivity contribution in [2.75, 3.05) is 26.2 Å². The Morgan fingerprint density at radius 2 is 2.00 bits per heavy atom. The van der Waals surface area contributed by atoms with Crippen molar-refractivity contribution in [3.63, 3.8) is 0 Å². The van der Waals surface area contributed by atoms with Gasteiger partial charge in [0.15, 0.2) is 0 Å². The number of halogens is 4. The maximum Gasteiger partial charge on any atom is 0.123 e. The lowest BCUT2D eigenvalue weighted by Crippen LogP contribution is -2.45. The zero-order valence-corrected chi connectivity index (χ0v) is 13.2. The van der Waals surface area contributed by atoms with Crippen LogP contribution in [0.15, 0.2) is 18.2 Å². The van der Waals surface area contributed by atoms with E-state index in [1.807, 2.05) is 0 Å². The highest BCUT2D eigenvalue weighted by Crippen LogP contribution is 2.30. The summed E-state index contributed by atoms with van der Waals surface area (Å²) in [6.07, 6.45) is 0.323. The first-order chi connectivity index (χ1) is 8.72. The summed E-state index contributed by atoms with van der Waals surface area (Å²) >= 11 is 6.13. The molecule has 0 saturated carbocycles. The molecule has 0 bridgehead atoms. The predicted octanol–water partition coefficient (Wildman–Crippen LogP) is 3.18. The molecular formula is C13H17Cl3FN3. The van der Waals surface area contributed by atoms with Crippen molar-refractivity contribution in [2.45, 2.75) is 12.5 Å². The van der Waals surface area contributed by atoms with Gasteiger partial charge in [-0.1, -0.05) is 11.6 Å². The van der Waals surface area contributed by atoms with E-state index >= 15 is 0 Å². The highest BCUT2D eigenvalue weighted by atomic mass is 35.5. The Kier molecular flexibility index (Phi) is 9.11. The molecule has 3 nitrogen and oxygen atoms in total. The van der Waals surface area contributed by atoms with Gasteiger partial charge in [0.2, 0.25) is 0 Å². The van der Waals surface area contributed by atoms with Gasteiger partial charge in [-0.3, -0.25) is 4.90 Å². The lowest BCUT2D eigenvalue weighted by molar-refractivity contribution is 0.175. The van der Waals surface area contributed by atoms with Crippen LogP contribution in [0.25, 0.3) is 0 Å². The van der Waals surface area contributed by atoms with Crippen LogP contribution >= 0.6 is 36.4 Å². The molecule has 1 heterocycles. The van der Waals surface area contributed by atoms with Gasteiger partial charge >= 0.3 is 0 Å². The van der Waals surface area contributed by atoms with Crippen molar-refractivity contribution in [1.82, 2.24) is 10.2 Å². The summed E-state index contributed by atoms with van der Waals surface area (Å²) in [4.78, 5) is 2.18. The Labute approximate surface area is 135 Å². The molecular weight excluding hydrogens is 324 g/mol. The van der Waals surface area contributed by atoms with Crippen molar-refractivity contribution in [3.05, 3.63) is 34.6 Å². The molecule has 0 aliphatic carbocycles. The molecule has 2 rings (SSSR count). The number of benzene rings is 1. The van der Waals surface area contributed by atoms with Crippen LogP contribution in [0.4, 0.5) is 4.39 Å². The van der Waals surface area contributed by atoms with Crippen LogP contribution in [0, 0.1) is 17.1 Å². The van der Waals surface area contributed by atoms with E-state index in [2.05, 4.69) is 16.3 Å². The molecule has 1 aromatic carbocycles. The number of hydrogen-bond donors (Lipinski definition) is 1. The van der Waals surface area contributed by atoms with Crippen molar-refractivity contribution in [3.8, 4) is 6.07 Å². The molecule has 0 amide bonds. The lowest BCUT2D eigenvalue weighted by Gasteiger charge is -2.34. The van der Waals surface area contributed by atoms with Gasteiger partial charge in [0.05, 0.1) is 12.5 Å². The minimum Gasteiger partial charge on any atom is -0.314 e. The van der Waals surface area contributed by atoms with E-state index in [0.29, 0.717) is 17.0 Å². The van der Waals surface area contributed by atoms with E-state index in [-0.39, 0.29) is 36.7 Å². The van der Waals surface area contributed by atoms with Gasteiger partial charge in [0.1, 0.15) is 5.82 Å².